The molecular weight excluding hydrogens is 298 g/mol. The van der Waals surface area contributed by atoms with Gasteiger partial charge in [0.15, 0.2) is 0 Å². The van der Waals surface area contributed by atoms with E-state index in [2.05, 4.69) is 6.07 Å². The molecule has 3 rings (SSSR count). The second-order valence-corrected chi connectivity index (χ2v) is 6.28. The number of thioether (sulfide) groups is 1. The van der Waals surface area contributed by atoms with Crippen LogP contribution in [0.25, 0.3) is 0 Å². The van der Waals surface area contributed by atoms with E-state index < -0.39 is 5.37 Å². The molecule has 0 spiro atoms. The summed E-state index contributed by atoms with van der Waals surface area (Å²) in [5, 5.41) is -0.479. The lowest BCUT2D eigenvalue weighted by Crippen LogP contribution is -2.22. The fourth-order valence-electron chi connectivity index (χ4n) is 2.05. The third kappa shape index (κ3) is 2.24. The molecule has 1 amide bonds. The molecular formula is C14H10ClNOS2. The van der Waals surface area contributed by atoms with E-state index in [0.717, 1.165) is 26.1 Å². The van der Waals surface area contributed by atoms with Crippen molar-refractivity contribution in [2.24, 2.45) is 0 Å². The smallest absolute Gasteiger partial charge is 0.265 e. The Morgan fingerprint density at radius 3 is 2.63 bits per heavy atom. The van der Waals surface area contributed by atoms with Gasteiger partial charge in [-0.05, 0) is 48.2 Å². The third-order valence-electron chi connectivity index (χ3n) is 2.91. The van der Waals surface area contributed by atoms with E-state index in [9.17, 15) is 4.79 Å². The zero-order valence-corrected chi connectivity index (χ0v) is 12.5. The maximum absolute atomic E-state index is 11.8. The molecule has 19 heavy (non-hydrogen) atoms. The van der Waals surface area contributed by atoms with Gasteiger partial charge in [0.1, 0.15) is 0 Å². The molecule has 2 aromatic rings. The van der Waals surface area contributed by atoms with Crippen LogP contribution in [0.5, 0.6) is 0 Å². The highest BCUT2D eigenvalue weighted by Crippen LogP contribution is 2.49. The van der Waals surface area contributed by atoms with E-state index in [1.165, 1.54) is 0 Å². The highest BCUT2D eigenvalue weighted by atomic mass is 35.5. The molecule has 5 heteroatoms. The van der Waals surface area contributed by atoms with Gasteiger partial charge in [0.25, 0.3) is 0 Å². The molecule has 0 radical (unpaired) electrons. The number of para-hydroxylation sites is 1. The first-order chi connectivity index (χ1) is 9.20. The molecule has 0 bridgehead atoms. The van der Waals surface area contributed by atoms with Crippen LogP contribution in [0.3, 0.4) is 0 Å². The Labute approximate surface area is 125 Å². The maximum atomic E-state index is 11.8. The van der Waals surface area contributed by atoms with Crippen LogP contribution in [-0.4, -0.2) is 11.6 Å². The predicted octanol–water partition coefficient (Wildman–Crippen LogP) is 5.37. The summed E-state index contributed by atoms with van der Waals surface area (Å²) < 4.78 is 0. The molecule has 0 fully saturated rings. The van der Waals surface area contributed by atoms with Gasteiger partial charge in [-0.2, -0.15) is 0 Å². The Balaban J connectivity index is 2.21. The first kappa shape index (κ1) is 12.9. The van der Waals surface area contributed by atoms with E-state index in [4.69, 9.17) is 11.6 Å². The number of carbonyl (C=O) groups excluding carboxylic acids is 1. The van der Waals surface area contributed by atoms with Crippen LogP contribution in [0.4, 0.5) is 16.2 Å². The summed E-state index contributed by atoms with van der Waals surface area (Å²) in [5.41, 5.74) is 1.70. The Bertz CT molecular complexity index is 660. The number of fused-ring (bicyclic) bond motifs is 2. The van der Waals surface area contributed by atoms with Crippen molar-refractivity contribution >= 4 is 51.9 Å². The van der Waals surface area contributed by atoms with Crippen molar-refractivity contribution in [2.75, 3.05) is 11.2 Å². The van der Waals surface area contributed by atoms with Crippen LogP contribution in [0.15, 0.2) is 57.2 Å². The van der Waals surface area contributed by atoms with Gasteiger partial charge in [0.05, 0.1) is 11.4 Å². The number of anilines is 2. The topological polar surface area (TPSA) is 20.3 Å². The number of nitrogens with zero attached hydrogens (tertiary/aromatic N) is 1. The standard InChI is InChI=1S/C14H10ClNOS2/c1-18-9-6-7-13-11(8-9)16(14(15)17)10-4-2-3-5-12(10)19-13/h2-8H,1H3. The lowest BCUT2D eigenvalue weighted by atomic mass is 10.2. The molecule has 0 N–H and O–H groups in total. The van der Waals surface area contributed by atoms with E-state index in [-0.39, 0.29) is 0 Å². The summed E-state index contributed by atoms with van der Waals surface area (Å²) in [5.74, 6) is 0. The molecule has 0 aliphatic carbocycles. The minimum absolute atomic E-state index is 0.479. The maximum Gasteiger partial charge on any atom is 0.325 e. The lowest BCUT2D eigenvalue weighted by Gasteiger charge is -2.29. The summed E-state index contributed by atoms with van der Waals surface area (Å²) in [4.78, 5) is 16.6. The molecule has 1 heterocycles. The van der Waals surface area contributed by atoms with Gasteiger partial charge in [-0.15, -0.1) is 11.8 Å². The van der Waals surface area contributed by atoms with E-state index in [0.29, 0.717) is 0 Å². The molecule has 1 aliphatic heterocycles. The molecule has 2 aromatic carbocycles. The second-order valence-electron chi connectivity index (χ2n) is 3.99. The Hall–Kier alpha value is -1.10. The van der Waals surface area contributed by atoms with Crippen LogP contribution < -0.4 is 4.90 Å². The second kappa shape index (κ2) is 5.12. The quantitative estimate of drug-likeness (QED) is 0.401. The Morgan fingerprint density at radius 1 is 1.16 bits per heavy atom. The summed E-state index contributed by atoms with van der Waals surface area (Å²) in [6.45, 7) is 0. The van der Waals surface area contributed by atoms with Gasteiger partial charge in [0.2, 0.25) is 0 Å². The van der Waals surface area contributed by atoms with Gasteiger partial charge in [-0.25, -0.2) is 0 Å². The summed E-state index contributed by atoms with van der Waals surface area (Å²) >= 11 is 9.09. The van der Waals surface area contributed by atoms with Crippen molar-refractivity contribution in [2.45, 2.75) is 14.7 Å². The van der Waals surface area contributed by atoms with Crippen molar-refractivity contribution < 1.29 is 4.79 Å². The van der Waals surface area contributed by atoms with Gasteiger partial charge in [-0.3, -0.25) is 9.69 Å². The fourth-order valence-corrected chi connectivity index (χ4v) is 3.71. The van der Waals surface area contributed by atoms with Crippen LogP contribution in [0, 0.1) is 0 Å². The normalized spacial score (nSPS) is 12.8. The molecule has 96 valence electrons. The largest absolute Gasteiger partial charge is 0.325 e. The number of halogens is 1. The molecule has 0 unspecified atom stereocenters. The highest BCUT2D eigenvalue weighted by molar-refractivity contribution is 8.00. The van der Waals surface area contributed by atoms with Crippen LogP contribution in [0.2, 0.25) is 0 Å². The van der Waals surface area contributed by atoms with Crippen molar-refractivity contribution in [1.29, 1.82) is 0 Å². The van der Waals surface area contributed by atoms with Gasteiger partial charge in [0, 0.05) is 14.7 Å². The lowest BCUT2D eigenvalue weighted by molar-refractivity contribution is 0.266. The van der Waals surface area contributed by atoms with Gasteiger partial charge in [-0.1, -0.05) is 23.9 Å². The summed E-state index contributed by atoms with van der Waals surface area (Å²) in [6, 6.07) is 13.9. The molecule has 1 aliphatic rings. The van der Waals surface area contributed by atoms with Crippen molar-refractivity contribution in [3.8, 4) is 0 Å². The SMILES string of the molecule is CSc1ccc2c(c1)N(C(=O)Cl)c1ccccc1S2. The molecule has 2 nitrogen and oxygen atoms in total. The van der Waals surface area contributed by atoms with E-state index >= 15 is 0 Å². The van der Waals surface area contributed by atoms with Crippen LogP contribution in [0.1, 0.15) is 0 Å². The molecule has 0 atom stereocenters. The van der Waals surface area contributed by atoms with Crippen molar-refractivity contribution in [1.82, 2.24) is 0 Å². The van der Waals surface area contributed by atoms with E-state index in [1.807, 2.05) is 42.7 Å². The molecule has 0 aromatic heterocycles. The fraction of sp³-hybridized carbons (Fsp3) is 0.0714. The first-order valence-corrected chi connectivity index (χ1v) is 8.07. The van der Waals surface area contributed by atoms with Gasteiger partial charge >= 0.3 is 5.37 Å². The third-order valence-corrected chi connectivity index (χ3v) is 4.93. The monoisotopic (exact) mass is 307 g/mol. The zero-order chi connectivity index (χ0) is 13.4. The number of benzene rings is 2. The highest BCUT2D eigenvalue weighted by Gasteiger charge is 2.27. The number of hydrogen-bond donors (Lipinski definition) is 0. The minimum Gasteiger partial charge on any atom is -0.265 e. The van der Waals surface area contributed by atoms with Gasteiger partial charge < -0.3 is 0 Å². The molecule has 0 saturated carbocycles. The number of carbonyl (C=O) groups is 1. The number of amides is 1. The van der Waals surface area contributed by atoms with E-state index in [1.54, 1.807) is 28.4 Å². The number of hydrogen-bond acceptors (Lipinski definition) is 3. The van der Waals surface area contributed by atoms with Crippen LogP contribution >= 0.6 is 35.1 Å². The van der Waals surface area contributed by atoms with Crippen molar-refractivity contribution in [3.05, 3.63) is 42.5 Å². The van der Waals surface area contributed by atoms with Crippen LogP contribution in [-0.2, 0) is 0 Å². The van der Waals surface area contributed by atoms with Crippen molar-refractivity contribution in [3.63, 3.8) is 0 Å². The summed E-state index contributed by atoms with van der Waals surface area (Å²) in [6.07, 6.45) is 2.01. The predicted molar refractivity (Wildman–Crippen MR) is 82.2 cm³/mol. The zero-order valence-electron chi connectivity index (χ0n) is 10.1. The average molecular weight is 308 g/mol. The first-order valence-electron chi connectivity index (χ1n) is 5.65. The molecule has 0 saturated heterocycles. The Kier molecular flexibility index (Phi) is 3.48. The Morgan fingerprint density at radius 2 is 1.89 bits per heavy atom. The number of rotatable bonds is 1. The summed E-state index contributed by atoms with van der Waals surface area (Å²) in [7, 11) is 0. The minimum atomic E-state index is -0.479. The average Bonchev–Trinajstić information content (AvgIpc) is 2.43.